The highest BCUT2D eigenvalue weighted by molar-refractivity contribution is 5.52. The van der Waals surface area contributed by atoms with Gasteiger partial charge in [-0.1, -0.05) is 17.3 Å². The van der Waals surface area contributed by atoms with Gasteiger partial charge in [0, 0.05) is 24.4 Å². The minimum absolute atomic E-state index is 0.266. The maximum absolute atomic E-state index is 14.2. The topological polar surface area (TPSA) is 51.4 Å². The van der Waals surface area contributed by atoms with Crippen molar-refractivity contribution in [1.82, 2.24) is 15.0 Å². The first-order chi connectivity index (χ1) is 12.1. The Bertz CT molecular complexity index is 853. The SMILES string of the molecule is COc1c(F)ccc(CN(C)Cc2cc(-c3ccccn3)no2)c1F. The van der Waals surface area contributed by atoms with Crippen molar-refractivity contribution in [3.8, 4) is 17.1 Å². The Labute approximate surface area is 143 Å². The molecule has 0 amide bonds. The molecule has 0 aliphatic rings. The van der Waals surface area contributed by atoms with E-state index in [9.17, 15) is 8.78 Å². The summed E-state index contributed by atoms with van der Waals surface area (Å²) in [6, 6.07) is 9.92. The summed E-state index contributed by atoms with van der Waals surface area (Å²) in [5.41, 5.74) is 1.69. The van der Waals surface area contributed by atoms with Crippen LogP contribution in [0, 0.1) is 11.6 Å². The largest absolute Gasteiger partial charge is 0.491 e. The van der Waals surface area contributed by atoms with Crippen molar-refractivity contribution in [3.05, 3.63) is 65.6 Å². The third kappa shape index (κ3) is 3.83. The highest BCUT2D eigenvalue weighted by atomic mass is 19.1. The fraction of sp³-hybridized carbons (Fsp3) is 0.222. The van der Waals surface area contributed by atoms with Gasteiger partial charge >= 0.3 is 0 Å². The molecule has 0 spiro atoms. The van der Waals surface area contributed by atoms with E-state index in [4.69, 9.17) is 9.26 Å². The summed E-state index contributed by atoms with van der Waals surface area (Å²) in [6.45, 7) is 0.682. The van der Waals surface area contributed by atoms with Gasteiger partial charge in [-0.3, -0.25) is 9.88 Å². The second kappa shape index (κ2) is 7.40. The summed E-state index contributed by atoms with van der Waals surface area (Å²) in [5, 5.41) is 4.00. The lowest BCUT2D eigenvalue weighted by atomic mass is 10.1. The van der Waals surface area contributed by atoms with Gasteiger partial charge < -0.3 is 9.26 Å². The van der Waals surface area contributed by atoms with Crippen LogP contribution in [0.1, 0.15) is 11.3 Å². The fourth-order valence-electron chi connectivity index (χ4n) is 2.52. The van der Waals surface area contributed by atoms with Crippen LogP contribution in [0.2, 0.25) is 0 Å². The molecular formula is C18H17F2N3O2. The van der Waals surface area contributed by atoms with Crippen molar-refractivity contribution in [3.63, 3.8) is 0 Å². The van der Waals surface area contributed by atoms with Crippen LogP contribution in [0.5, 0.6) is 5.75 Å². The Morgan fingerprint density at radius 1 is 1.12 bits per heavy atom. The maximum atomic E-state index is 14.2. The van der Waals surface area contributed by atoms with Gasteiger partial charge in [-0.25, -0.2) is 8.78 Å². The van der Waals surface area contributed by atoms with Gasteiger partial charge in [-0.15, -0.1) is 0 Å². The standard InChI is InChI=1S/C18H17F2N3O2/c1-23(10-12-6-7-14(19)18(24-2)17(12)20)11-13-9-16(22-25-13)15-5-3-4-8-21-15/h3-9H,10-11H2,1-2H3. The lowest BCUT2D eigenvalue weighted by Crippen LogP contribution is -2.18. The van der Waals surface area contributed by atoms with E-state index in [-0.39, 0.29) is 12.3 Å². The number of methoxy groups -OCH3 is 1. The zero-order valence-electron chi connectivity index (χ0n) is 13.9. The van der Waals surface area contributed by atoms with Crippen molar-refractivity contribution in [2.24, 2.45) is 0 Å². The van der Waals surface area contributed by atoms with Gasteiger partial charge in [-0.05, 0) is 25.2 Å². The number of benzene rings is 1. The molecule has 3 aromatic rings. The van der Waals surface area contributed by atoms with Crippen LogP contribution in [0.25, 0.3) is 11.4 Å². The highest BCUT2D eigenvalue weighted by Crippen LogP contribution is 2.25. The van der Waals surface area contributed by atoms with Crippen LogP contribution in [0.3, 0.4) is 0 Å². The zero-order chi connectivity index (χ0) is 17.8. The number of hydrogen-bond acceptors (Lipinski definition) is 5. The molecule has 130 valence electrons. The molecule has 0 unspecified atom stereocenters. The lowest BCUT2D eigenvalue weighted by molar-refractivity contribution is 0.262. The van der Waals surface area contributed by atoms with Crippen molar-refractivity contribution in [1.29, 1.82) is 0 Å². The van der Waals surface area contributed by atoms with E-state index < -0.39 is 11.6 Å². The number of aromatic nitrogens is 2. The molecule has 0 aliphatic carbocycles. The third-order valence-corrected chi connectivity index (χ3v) is 3.69. The lowest BCUT2D eigenvalue weighted by Gasteiger charge is -2.16. The van der Waals surface area contributed by atoms with E-state index in [1.165, 1.54) is 19.2 Å². The van der Waals surface area contributed by atoms with Crippen molar-refractivity contribution < 1.29 is 18.0 Å². The van der Waals surface area contributed by atoms with Gasteiger partial charge in [0.1, 0.15) is 5.69 Å². The average molecular weight is 345 g/mol. The number of pyridine rings is 1. The van der Waals surface area contributed by atoms with Crippen molar-refractivity contribution >= 4 is 0 Å². The van der Waals surface area contributed by atoms with Crippen LogP contribution < -0.4 is 4.74 Å². The summed E-state index contributed by atoms with van der Waals surface area (Å²) in [6.07, 6.45) is 1.68. The molecule has 2 aromatic heterocycles. The Morgan fingerprint density at radius 2 is 1.96 bits per heavy atom. The van der Waals surface area contributed by atoms with Crippen LogP contribution in [0.4, 0.5) is 8.78 Å². The minimum atomic E-state index is -0.721. The van der Waals surface area contributed by atoms with Gasteiger partial charge in [0.2, 0.25) is 0 Å². The van der Waals surface area contributed by atoms with E-state index in [0.717, 1.165) is 5.69 Å². The van der Waals surface area contributed by atoms with Crippen LogP contribution >= 0.6 is 0 Å². The zero-order valence-corrected chi connectivity index (χ0v) is 13.9. The van der Waals surface area contributed by atoms with Gasteiger partial charge in [0.05, 0.1) is 19.3 Å². The average Bonchev–Trinajstić information content (AvgIpc) is 3.07. The Morgan fingerprint density at radius 3 is 2.68 bits per heavy atom. The third-order valence-electron chi connectivity index (χ3n) is 3.69. The van der Waals surface area contributed by atoms with Crippen molar-refractivity contribution in [2.75, 3.05) is 14.2 Å². The van der Waals surface area contributed by atoms with E-state index >= 15 is 0 Å². The smallest absolute Gasteiger partial charge is 0.190 e. The van der Waals surface area contributed by atoms with Crippen LogP contribution in [-0.2, 0) is 13.1 Å². The molecule has 0 radical (unpaired) electrons. The molecule has 3 rings (SSSR count). The summed E-state index contributed by atoms with van der Waals surface area (Å²) in [7, 11) is 3.04. The summed E-state index contributed by atoms with van der Waals surface area (Å²) in [4.78, 5) is 6.04. The molecule has 0 N–H and O–H groups in total. The van der Waals surface area contributed by atoms with Crippen LogP contribution in [-0.4, -0.2) is 29.2 Å². The quantitative estimate of drug-likeness (QED) is 0.682. The molecule has 0 saturated heterocycles. The normalized spacial score (nSPS) is 11.1. The Balaban J connectivity index is 1.69. The van der Waals surface area contributed by atoms with Gasteiger partial charge in [0.15, 0.2) is 23.1 Å². The molecule has 0 fully saturated rings. The summed E-state index contributed by atoms with van der Waals surface area (Å²) >= 11 is 0. The minimum Gasteiger partial charge on any atom is -0.491 e. The van der Waals surface area contributed by atoms with E-state index in [0.29, 0.717) is 23.6 Å². The molecule has 7 heteroatoms. The van der Waals surface area contributed by atoms with E-state index in [2.05, 4.69) is 10.1 Å². The first kappa shape index (κ1) is 17.0. The number of halogens is 2. The molecule has 2 heterocycles. The van der Waals surface area contributed by atoms with Gasteiger partial charge in [-0.2, -0.15) is 0 Å². The molecule has 0 bridgehead atoms. The van der Waals surface area contributed by atoms with Gasteiger partial charge in [0.25, 0.3) is 0 Å². The van der Waals surface area contributed by atoms with E-state index in [1.54, 1.807) is 19.3 Å². The predicted octanol–water partition coefficient (Wildman–Crippen LogP) is 3.66. The predicted molar refractivity (Wildman–Crippen MR) is 87.8 cm³/mol. The van der Waals surface area contributed by atoms with Crippen molar-refractivity contribution in [2.45, 2.75) is 13.1 Å². The summed E-state index contributed by atoms with van der Waals surface area (Å²) in [5.74, 6) is -1.16. The summed E-state index contributed by atoms with van der Waals surface area (Å²) < 4.78 is 37.8. The highest BCUT2D eigenvalue weighted by Gasteiger charge is 2.16. The maximum Gasteiger partial charge on any atom is 0.190 e. The first-order valence-electron chi connectivity index (χ1n) is 7.65. The number of ether oxygens (including phenoxy) is 1. The molecule has 5 nitrogen and oxygen atoms in total. The monoisotopic (exact) mass is 345 g/mol. The molecule has 0 aliphatic heterocycles. The Kier molecular flexibility index (Phi) is 5.04. The first-order valence-corrected chi connectivity index (χ1v) is 7.65. The molecule has 25 heavy (non-hydrogen) atoms. The molecular weight excluding hydrogens is 328 g/mol. The second-order valence-corrected chi connectivity index (χ2v) is 5.62. The number of nitrogens with zero attached hydrogens (tertiary/aromatic N) is 3. The fourth-order valence-corrected chi connectivity index (χ4v) is 2.52. The molecule has 0 saturated carbocycles. The Hall–Kier alpha value is -2.80. The number of hydrogen-bond donors (Lipinski definition) is 0. The molecule has 1 aromatic carbocycles. The second-order valence-electron chi connectivity index (χ2n) is 5.62. The number of rotatable bonds is 6. The molecule has 0 atom stereocenters. The van der Waals surface area contributed by atoms with E-state index in [1.807, 2.05) is 23.1 Å². The van der Waals surface area contributed by atoms with Crippen LogP contribution in [0.15, 0.2) is 47.1 Å².